The number of aromatic amines is 1. The summed E-state index contributed by atoms with van der Waals surface area (Å²) in [6.45, 7) is 0. The summed E-state index contributed by atoms with van der Waals surface area (Å²) >= 11 is 5.85. The van der Waals surface area contributed by atoms with Crippen molar-refractivity contribution in [2.75, 3.05) is 17.7 Å². The van der Waals surface area contributed by atoms with E-state index >= 15 is 0 Å². The number of halogens is 1. The van der Waals surface area contributed by atoms with Gasteiger partial charge in [0.15, 0.2) is 5.65 Å². The highest BCUT2D eigenvalue weighted by Crippen LogP contribution is 2.21. The second-order valence-corrected chi connectivity index (χ2v) is 4.86. The molecule has 2 heterocycles. The predicted molar refractivity (Wildman–Crippen MR) is 84.7 cm³/mol. The summed E-state index contributed by atoms with van der Waals surface area (Å²) in [5.41, 5.74) is 2.83. The molecule has 0 saturated carbocycles. The summed E-state index contributed by atoms with van der Waals surface area (Å²) in [4.78, 5) is 22.5. The van der Waals surface area contributed by atoms with Crippen LogP contribution in [0.2, 0.25) is 5.02 Å². The van der Waals surface area contributed by atoms with E-state index in [1.165, 1.54) is 7.11 Å². The molecule has 0 radical (unpaired) electrons. The molecule has 7 nitrogen and oxygen atoms in total. The van der Waals surface area contributed by atoms with Crippen molar-refractivity contribution in [1.82, 2.24) is 15.0 Å². The quantitative estimate of drug-likeness (QED) is 0.687. The minimum Gasteiger partial charge on any atom is -0.453 e. The van der Waals surface area contributed by atoms with Gasteiger partial charge in [0, 0.05) is 10.7 Å². The Morgan fingerprint density at radius 2 is 2.05 bits per heavy atom. The van der Waals surface area contributed by atoms with Crippen molar-refractivity contribution in [3.63, 3.8) is 0 Å². The number of aromatic nitrogens is 3. The molecule has 0 aliphatic rings. The topological polar surface area (TPSA) is 91.9 Å². The second-order valence-electron chi connectivity index (χ2n) is 4.43. The lowest BCUT2D eigenvalue weighted by Crippen LogP contribution is -2.11. The van der Waals surface area contributed by atoms with E-state index < -0.39 is 6.09 Å². The van der Waals surface area contributed by atoms with Crippen LogP contribution < -0.4 is 10.6 Å². The van der Waals surface area contributed by atoms with Gasteiger partial charge in [-0.3, -0.25) is 5.32 Å². The van der Waals surface area contributed by atoms with Crippen LogP contribution in [0.5, 0.6) is 0 Å². The van der Waals surface area contributed by atoms with Gasteiger partial charge >= 0.3 is 6.09 Å². The SMILES string of the molecule is COC(=O)Nc1nc2cc(Nc3ccc(Cl)cc3)cnc2[nH]1. The predicted octanol–water partition coefficient (Wildman–Crippen LogP) is 3.53. The fraction of sp³-hybridized carbons (Fsp3) is 0.0714. The van der Waals surface area contributed by atoms with Crippen molar-refractivity contribution in [2.24, 2.45) is 0 Å². The number of pyridine rings is 1. The lowest BCUT2D eigenvalue weighted by Gasteiger charge is -2.05. The van der Waals surface area contributed by atoms with Crippen LogP contribution in [0.3, 0.4) is 0 Å². The number of hydrogen-bond donors (Lipinski definition) is 3. The van der Waals surface area contributed by atoms with Crippen LogP contribution in [0.15, 0.2) is 36.5 Å². The number of carbonyl (C=O) groups is 1. The van der Waals surface area contributed by atoms with E-state index in [1.807, 2.05) is 18.2 Å². The van der Waals surface area contributed by atoms with Crippen molar-refractivity contribution in [3.8, 4) is 0 Å². The number of rotatable bonds is 3. The number of carbonyl (C=O) groups excluding carboxylic acids is 1. The van der Waals surface area contributed by atoms with E-state index in [0.29, 0.717) is 16.2 Å². The standard InChI is InChI=1S/C14H12ClN5O2/c1-22-14(21)20-13-18-11-6-10(7-16-12(11)19-13)17-9-4-2-8(15)3-5-9/h2-7,17H,1H3,(H2,16,18,19,20,21). The first-order valence-electron chi connectivity index (χ1n) is 6.37. The number of H-pyrrole nitrogens is 1. The van der Waals surface area contributed by atoms with Crippen LogP contribution in [0, 0.1) is 0 Å². The smallest absolute Gasteiger partial charge is 0.413 e. The summed E-state index contributed by atoms with van der Waals surface area (Å²) < 4.78 is 4.51. The Labute approximate surface area is 130 Å². The third kappa shape index (κ3) is 3.09. The van der Waals surface area contributed by atoms with Crippen molar-refractivity contribution >= 4 is 46.2 Å². The fourth-order valence-electron chi connectivity index (χ4n) is 1.87. The Morgan fingerprint density at radius 3 is 2.77 bits per heavy atom. The van der Waals surface area contributed by atoms with E-state index in [4.69, 9.17) is 11.6 Å². The van der Waals surface area contributed by atoms with Gasteiger partial charge in [-0.1, -0.05) is 11.6 Å². The Bertz CT molecular complexity index is 816. The number of hydrogen-bond acceptors (Lipinski definition) is 5. The van der Waals surface area contributed by atoms with Crippen molar-refractivity contribution in [2.45, 2.75) is 0 Å². The van der Waals surface area contributed by atoms with Gasteiger partial charge in [-0.2, -0.15) is 0 Å². The first-order chi connectivity index (χ1) is 10.6. The minimum atomic E-state index is -0.599. The van der Waals surface area contributed by atoms with Crippen LogP contribution in [0.1, 0.15) is 0 Å². The molecule has 3 aromatic rings. The number of ether oxygens (including phenoxy) is 1. The van der Waals surface area contributed by atoms with Crippen molar-refractivity contribution < 1.29 is 9.53 Å². The van der Waals surface area contributed by atoms with Crippen LogP contribution in [-0.4, -0.2) is 28.2 Å². The van der Waals surface area contributed by atoms with Gasteiger partial charge in [0.05, 0.1) is 19.0 Å². The molecule has 2 aromatic heterocycles. The first-order valence-corrected chi connectivity index (χ1v) is 6.75. The lowest BCUT2D eigenvalue weighted by molar-refractivity contribution is 0.186. The highest BCUT2D eigenvalue weighted by atomic mass is 35.5. The summed E-state index contributed by atoms with van der Waals surface area (Å²) in [6.07, 6.45) is 1.07. The lowest BCUT2D eigenvalue weighted by atomic mass is 10.3. The van der Waals surface area contributed by atoms with Gasteiger partial charge in [0.1, 0.15) is 5.52 Å². The monoisotopic (exact) mass is 317 g/mol. The van der Waals surface area contributed by atoms with Crippen LogP contribution in [0.4, 0.5) is 22.1 Å². The first kappa shape index (κ1) is 14.2. The van der Waals surface area contributed by atoms with E-state index in [-0.39, 0.29) is 5.95 Å². The molecule has 0 spiro atoms. The summed E-state index contributed by atoms with van der Waals surface area (Å²) in [5.74, 6) is 0.276. The third-order valence-electron chi connectivity index (χ3n) is 2.88. The van der Waals surface area contributed by atoms with E-state index in [1.54, 1.807) is 18.3 Å². The van der Waals surface area contributed by atoms with Gasteiger partial charge in [-0.25, -0.2) is 14.8 Å². The molecule has 1 amide bonds. The van der Waals surface area contributed by atoms with Crippen LogP contribution in [0.25, 0.3) is 11.2 Å². The molecule has 0 unspecified atom stereocenters. The maximum atomic E-state index is 11.2. The molecule has 0 saturated heterocycles. The van der Waals surface area contributed by atoms with Gasteiger partial charge in [0.25, 0.3) is 0 Å². The average Bonchev–Trinajstić information content (AvgIpc) is 2.91. The van der Waals surface area contributed by atoms with Crippen molar-refractivity contribution in [1.29, 1.82) is 0 Å². The second kappa shape index (κ2) is 5.90. The Kier molecular flexibility index (Phi) is 3.80. The number of anilines is 3. The minimum absolute atomic E-state index is 0.276. The van der Waals surface area contributed by atoms with Crippen LogP contribution in [-0.2, 0) is 4.74 Å². The zero-order chi connectivity index (χ0) is 15.5. The highest BCUT2D eigenvalue weighted by molar-refractivity contribution is 6.30. The number of fused-ring (bicyclic) bond motifs is 1. The molecule has 3 N–H and O–H groups in total. The van der Waals surface area contributed by atoms with Crippen LogP contribution >= 0.6 is 11.6 Å². The zero-order valence-electron chi connectivity index (χ0n) is 11.6. The van der Waals surface area contributed by atoms with Gasteiger partial charge < -0.3 is 15.0 Å². The molecule has 22 heavy (non-hydrogen) atoms. The van der Waals surface area contributed by atoms with Gasteiger partial charge in [0.2, 0.25) is 5.95 Å². The normalized spacial score (nSPS) is 10.5. The van der Waals surface area contributed by atoms with E-state index in [0.717, 1.165) is 11.4 Å². The largest absolute Gasteiger partial charge is 0.453 e. The molecule has 0 aliphatic carbocycles. The fourth-order valence-corrected chi connectivity index (χ4v) is 2.00. The summed E-state index contributed by atoms with van der Waals surface area (Å²) in [7, 11) is 1.28. The maximum Gasteiger partial charge on any atom is 0.413 e. The molecule has 0 fully saturated rings. The van der Waals surface area contributed by atoms with Crippen molar-refractivity contribution in [3.05, 3.63) is 41.6 Å². The van der Waals surface area contributed by atoms with Gasteiger partial charge in [-0.15, -0.1) is 0 Å². The van der Waals surface area contributed by atoms with E-state index in [2.05, 4.69) is 30.3 Å². The maximum absolute atomic E-state index is 11.2. The number of methoxy groups -OCH3 is 1. The number of imidazole rings is 1. The van der Waals surface area contributed by atoms with E-state index in [9.17, 15) is 4.79 Å². The molecule has 112 valence electrons. The number of nitrogens with zero attached hydrogens (tertiary/aromatic N) is 2. The Morgan fingerprint density at radius 1 is 1.27 bits per heavy atom. The number of amides is 1. The van der Waals surface area contributed by atoms with Gasteiger partial charge in [-0.05, 0) is 30.3 Å². The number of nitrogens with one attached hydrogen (secondary N) is 3. The molecule has 0 atom stereocenters. The molecule has 0 aliphatic heterocycles. The zero-order valence-corrected chi connectivity index (χ0v) is 12.3. The Hall–Kier alpha value is -2.80. The average molecular weight is 318 g/mol. The Balaban J connectivity index is 1.83. The molecule has 0 bridgehead atoms. The summed E-state index contributed by atoms with van der Waals surface area (Å²) in [5, 5.41) is 6.32. The third-order valence-corrected chi connectivity index (χ3v) is 3.13. The molecule has 3 rings (SSSR count). The highest BCUT2D eigenvalue weighted by Gasteiger charge is 2.08. The molecule has 1 aromatic carbocycles. The molecular formula is C14H12ClN5O2. The molecule has 8 heteroatoms. The number of benzene rings is 1. The molecular weight excluding hydrogens is 306 g/mol. The summed E-state index contributed by atoms with van der Waals surface area (Å²) in [6, 6.07) is 9.13.